The van der Waals surface area contributed by atoms with Crippen LogP contribution >= 0.6 is 0 Å². The lowest BCUT2D eigenvalue weighted by Crippen LogP contribution is -2.41. The summed E-state index contributed by atoms with van der Waals surface area (Å²) in [6.07, 6.45) is 2.24. The zero-order chi connectivity index (χ0) is 9.90. The third kappa shape index (κ3) is 3.28. The van der Waals surface area contributed by atoms with Crippen LogP contribution in [-0.2, 0) is 4.74 Å². The molecule has 0 aromatic carbocycles. The fraction of sp³-hybridized carbons (Fsp3) is 1.00. The van der Waals surface area contributed by atoms with Crippen LogP contribution < -0.4 is 0 Å². The van der Waals surface area contributed by atoms with Gasteiger partial charge in [-0.2, -0.15) is 0 Å². The average molecular weight is 186 g/mol. The molecule has 0 aromatic rings. The summed E-state index contributed by atoms with van der Waals surface area (Å²) in [6, 6.07) is 0. The molecule has 0 aromatic heterocycles. The second-order valence-electron chi connectivity index (χ2n) is 5.19. The van der Waals surface area contributed by atoms with E-state index in [9.17, 15) is 5.11 Å². The molecule has 0 radical (unpaired) electrons. The molecule has 1 rings (SSSR count). The van der Waals surface area contributed by atoms with E-state index in [-0.39, 0.29) is 0 Å². The van der Waals surface area contributed by atoms with Gasteiger partial charge in [0.2, 0.25) is 0 Å². The van der Waals surface area contributed by atoms with E-state index in [0.29, 0.717) is 23.9 Å². The zero-order valence-electron chi connectivity index (χ0n) is 9.05. The van der Waals surface area contributed by atoms with Crippen LogP contribution in [0, 0.1) is 17.3 Å². The Hall–Kier alpha value is -0.0800. The smallest absolute Gasteiger partial charge is 0.0542 e. The number of rotatable bonds is 5. The van der Waals surface area contributed by atoms with Gasteiger partial charge in [0.15, 0.2) is 0 Å². The predicted molar refractivity (Wildman–Crippen MR) is 53.6 cm³/mol. The molecule has 2 nitrogen and oxygen atoms in total. The van der Waals surface area contributed by atoms with Crippen molar-refractivity contribution in [2.24, 2.45) is 17.3 Å². The molecule has 0 amide bonds. The number of ether oxygens (including phenoxy) is 1. The van der Waals surface area contributed by atoms with Crippen molar-refractivity contribution in [3.05, 3.63) is 0 Å². The predicted octanol–water partition coefficient (Wildman–Crippen LogP) is 2.07. The highest BCUT2D eigenvalue weighted by molar-refractivity contribution is 4.83. The van der Waals surface area contributed by atoms with Gasteiger partial charge in [-0.25, -0.2) is 0 Å². The molecule has 0 aliphatic carbocycles. The Morgan fingerprint density at radius 3 is 2.31 bits per heavy atom. The highest BCUT2D eigenvalue weighted by Crippen LogP contribution is 2.35. The summed E-state index contributed by atoms with van der Waals surface area (Å²) in [5.41, 5.74) is 0.349. The first-order chi connectivity index (χ1) is 6.06. The lowest BCUT2D eigenvalue weighted by atomic mass is 9.77. The molecule has 0 saturated carbocycles. The van der Waals surface area contributed by atoms with Crippen LogP contribution in [0.1, 0.15) is 33.6 Å². The first-order valence-corrected chi connectivity index (χ1v) is 5.24. The summed E-state index contributed by atoms with van der Waals surface area (Å²) in [4.78, 5) is 0. The zero-order valence-corrected chi connectivity index (χ0v) is 9.05. The number of hydrogen-bond donors (Lipinski definition) is 1. The van der Waals surface area contributed by atoms with Crippen LogP contribution in [0.3, 0.4) is 0 Å². The van der Waals surface area contributed by atoms with Crippen molar-refractivity contribution in [2.75, 3.05) is 19.8 Å². The monoisotopic (exact) mass is 186 g/mol. The van der Waals surface area contributed by atoms with Gasteiger partial charge in [0.1, 0.15) is 0 Å². The number of hydrogen-bond acceptors (Lipinski definition) is 2. The summed E-state index contributed by atoms with van der Waals surface area (Å²) in [5, 5.41) is 9.22. The van der Waals surface area contributed by atoms with Crippen LogP contribution in [0.15, 0.2) is 0 Å². The van der Waals surface area contributed by atoms with Crippen LogP contribution in [-0.4, -0.2) is 24.9 Å². The third-order valence-corrected chi connectivity index (χ3v) is 2.75. The Kier molecular flexibility index (Phi) is 3.74. The van der Waals surface area contributed by atoms with E-state index in [1.807, 2.05) is 0 Å². The molecular formula is C11H22O2. The first kappa shape index (κ1) is 11.0. The SMILES string of the molecule is CC(C)CC(CO)CC1(C)COC1. The largest absolute Gasteiger partial charge is 0.396 e. The van der Waals surface area contributed by atoms with Crippen molar-refractivity contribution < 1.29 is 9.84 Å². The van der Waals surface area contributed by atoms with E-state index in [2.05, 4.69) is 20.8 Å². The number of aliphatic hydroxyl groups excluding tert-OH is 1. The molecule has 13 heavy (non-hydrogen) atoms. The van der Waals surface area contributed by atoms with E-state index in [1.54, 1.807) is 0 Å². The molecule has 1 aliphatic heterocycles. The molecule has 1 heterocycles. The van der Waals surface area contributed by atoms with Crippen molar-refractivity contribution in [1.82, 2.24) is 0 Å². The van der Waals surface area contributed by atoms with Crippen LogP contribution in [0.4, 0.5) is 0 Å². The minimum absolute atomic E-state index is 0.327. The molecule has 0 spiro atoms. The molecule has 1 unspecified atom stereocenters. The van der Waals surface area contributed by atoms with Crippen molar-refractivity contribution >= 4 is 0 Å². The van der Waals surface area contributed by atoms with Crippen LogP contribution in [0.5, 0.6) is 0 Å². The Morgan fingerprint density at radius 2 is 2.00 bits per heavy atom. The molecule has 1 N–H and O–H groups in total. The van der Waals surface area contributed by atoms with E-state index < -0.39 is 0 Å². The van der Waals surface area contributed by atoms with Gasteiger partial charge in [0.05, 0.1) is 13.2 Å². The van der Waals surface area contributed by atoms with E-state index in [4.69, 9.17) is 4.74 Å². The van der Waals surface area contributed by atoms with Gasteiger partial charge < -0.3 is 9.84 Å². The molecular weight excluding hydrogens is 164 g/mol. The van der Waals surface area contributed by atoms with E-state index >= 15 is 0 Å². The summed E-state index contributed by atoms with van der Waals surface area (Å²) >= 11 is 0. The quantitative estimate of drug-likeness (QED) is 0.712. The van der Waals surface area contributed by atoms with E-state index in [1.165, 1.54) is 0 Å². The van der Waals surface area contributed by atoms with Crippen LogP contribution in [0.2, 0.25) is 0 Å². The Bertz CT molecular complexity index is 150. The minimum atomic E-state index is 0.327. The van der Waals surface area contributed by atoms with Gasteiger partial charge >= 0.3 is 0 Å². The normalized spacial score (nSPS) is 22.8. The molecule has 2 heteroatoms. The maximum atomic E-state index is 9.22. The fourth-order valence-corrected chi connectivity index (χ4v) is 2.15. The standard InChI is InChI=1S/C11H22O2/c1-9(2)4-10(6-12)5-11(3)7-13-8-11/h9-10,12H,4-8H2,1-3H3. The molecule has 0 bridgehead atoms. The van der Waals surface area contributed by atoms with Gasteiger partial charge in [-0.05, 0) is 24.7 Å². The molecule has 1 aliphatic rings. The fourth-order valence-electron chi connectivity index (χ4n) is 2.15. The van der Waals surface area contributed by atoms with Crippen molar-refractivity contribution in [1.29, 1.82) is 0 Å². The van der Waals surface area contributed by atoms with Crippen molar-refractivity contribution in [2.45, 2.75) is 33.6 Å². The maximum Gasteiger partial charge on any atom is 0.0542 e. The van der Waals surface area contributed by atoms with Crippen molar-refractivity contribution in [3.63, 3.8) is 0 Å². The highest BCUT2D eigenvalue weighted by atomic mass is 16.5. The highest BCUT2D eigenvalue weighted by Gasteiger charge is 2.35. The second kappa shape index (κ2) is 4.43. The third-order valence-electron chi connectivity index (χ3n) is 2.75. The number of aliphatic hydroxyl groups is 1. The van der Waals surface area contributed by atoms with Gasteiger partial charge in [-0.15, -0.1) is 0 Å². The lowest BCUT2D eigenvalue weighted by Gasteiger charge is -2.40. The minimum Gasteiger partial charge on any atom is -0.396 e. The molecule has 1 saturated heterocycles. The van der Waals surface area contributed by atoms with Gasteiger partial charge in [-0.3, -0.25) is 0 Å². The van der Waals surface area contributed by atoms with E-state index in [0.717, 1.165) is 26.1 Å². The Balaban J connectivity index is 2.30. The van der Waals surface area contributed by atoms with Crippen LogP contribution in [0.25, 0.3) is 0 Å². The summed E-state index contributed by atoms with van der Waals surface area (Å²) < 4.78 is 5.21. The summed E-state index contributed by atoms with van der Waals surface area (Å²) in [7, 11) is 0. The molecule has 1 fully saturated rings. The van der Waals surface area contributed by atoms with Gasteiger partial charge in [0.25, 0.3) is 0 Å². The molecule has 1 atom stereocenters. The van der Waals surface area contributed by atoms with Gasteiger partial charge in [-0.1, -0.05) is 20.8 Å². The average Bonchev–Trinajstić information content (AvgIpc) is 1.99. The topological polar surface area (TPSA) is 29.5 Å². The first-order valence-electron chi connectivity index (χ1n) is 5.24. The summed E-state index contributed by atoms with van der Waals surface area (Å²) in [6.45, 7) is 8.75. The van der Waals surface area contributed by atoms with Gasteiger partial charge in [0, 0.05) is 12.0 Å². The maximum absolute atomic E-state index is 9.22. The second-order valence-corrected chi connectivity index (χ2v) is 5.19. The van der Waals surface area contributed by atoms with Crippen molar-refractivity contribution in [3.8, 4) is 0 Å². The lowest BCUT2D eigenvalue weighted by molar-refractivity contribution is -0.116. The molecule has 78 valence electrons. The Morgan fingerprint density at radius 1 is 1.38 bits per heavy atom. The summed E-state index contributed by atoms with van der Waals surface area (Å²) in [5.74, 6) is 1.15. The Labute approximate surface area is 81.3 Å².